The number of carbonyl (C=O) groups excluding carboxylic acids is 3. The summed E-state index contributed by atoms with van der Waals surface area (Å²) in [5.41, 5.74) is 12.6. The summed E-state index contributed by atoms with van der Waals surface area (Å²) in [5, 5.41) is 27.2. The minimum absolute atomic E-state index is 0.00796. The van der Waals surface area contributed by atoms with Crippen LogP contribution < -0.4 is 27.4 Å². The van der Waals surface area contributed by atoms with Crippen LogP contribution in [0.3, 0.4) is 0 Å². The van der Waals surface area contributed by atoms with Crippen molar-refractivity contribution in [2.75, 3.05) is 6.54 Å². The number of unbranched alkanes of at least 4 members (excludes halogenated alkanes) is 1. The van der Waals surface area contributed by atoms with E-state index in [1.807, 2.05) is 6.92 Å². The van der Waals surface area contributed by atoms with Crippen molar-refractivity contribution in [2.24, 2.45) is 17.4 Å². The van der Waals surface area contributed by atoms with Crippen molar-refractivity contribution in [1.29, 1.82) is 0 Å². The molecule has 0 radical (unpaired) electrons. The second-order valence-corrected chi connectivity index (χ2v) is 9.87. The number of rotatable bonds is 17. The van der Waals surface area contributed by atoms with Gasteiger partial charge >= 0.3 is 5.97 Å². The third-order valence-electron chi connectivity index (χ3n) is 6.70. The normalized spacial score (nSPS) is 14.8. The van der Waals surface area contributed by atoms with Crippen LogP contribution >= 0.6 is 0 Å². The summed E-state index contributed by atoms with van der Waals surface area (Å²) in [6.07, 6.45) is 5.18. The molecule has 1 aromatic heterocycles. The van der Waals surface area contributed by atoms with Crippen molar-refractivity contribution in [2.45, 2.75) is 76.5 Å². The van der Waals surface area contributed by atoms with Gasteiger partial charge in [-0.3, -0.25) is 14.4 Å². The zero-order valence-electron chi connectivity index (χ0n) is 22.9. The highest BCUT2D eigenvalue weighted by Crippen LogP contribution is 2.14. The number of aliphatic carboxylic acids is 1. The summed E-state index contributed by atoms with van der Waals surface area (Å²) in [7, 11) is 0. The molecule has 40 heavy (non-hydrogen) atoms. The average molecular weight is 560 g/mol. The zero-order valence-corrected chi connectivity index (χ0v) is 22.9. The number of aromatic nitrogens is 2. The van der Waals surface area contributed by atoms with Crippen molar-refractivity contribution in [3.05, 3.63) is 48.0 Å². The summed E-state index contributed by atoms with van der Waals surface area (Å²) in [5.74, 6) is -3.32. The number of aromatic hydroxyl groups is 1. The number of amides is 3. The molecular weight excluding hydrogens is 518 g/mol. The first-order valence-corrected chi connectivity index (χ1v) is 13.4. The van der Waals surface area contributed by atoms with Gasteiger partial charge in [0, 0.05) is 24.7 Å². The number of aromatic amines is 1. The fraction of sp³-hybridized carbons (Fsp3) is 0.519. The van der Waals surface area contributed by atoms with Crippen LogP contribution in [-0.4, -0.2) is 74.6 Å². The van der Waals surface area contributed by atoms with Gasteiger partial charge in [-0.15, -0.1) is 0 Å². The first-order valence-electron chi connectivity index (χ1n) is 13.4. The number of H-pyrrole nitrogens is 1. The Bertz CT molecular complexity index is 1090. The van der Waals surface area contributed by atoms with E-state index >= 15 is 0 Å². The molecule has 0 aliphatic heterocycles. The molecule has 0 saturated heterocycles. The van der Waals surface area contributed by atoms with Crippen molar-refractivity contribution in [3.63, 3.8) is 0 Å². The van der Waals surface area contributed by atoms with Gasteiger partial charge in [0.05, 0.1) is 12.4 Å². The number of hydrogen-bond donors (Lipinski definition) is 8. The van der Waals surface area contributed by atoms with E-state index in [-0.39, 0.29) is 24.5 Å². The van der Waals surface area contributed by atoms with Crippen molar-refractivity contribution in [3.8, 4) is 5.75 Å². The van der Waals surface area contributed by atoms with Crippen LogP contribution in [0.2, 0.25) is 0 Å². The minimum Gasteiger partial charge on any atom is -0.508 e. The highest BCUT2D eigenvalue weighted by molar-refractivity contribution is 5.94. The molecule has 10 N–H and O–H groups in total. The molecule has 1 aromatic carbocycles. The number of carbonyl (C=O) groups is 4. The lowest BCUT2D eigenvalue weighted by Gasteiger charge is -2.28. The maximum Gasteiger partial charge on any atom is 0.326 e. The molecule has 0 aliphatic rings. The van der Waals surface area contributed by atoms with E-state index in [9.17, 15) is 29.4 Å². The van der Waals surface area contributed by atoms with Crippen molar-refractivity contribution in [1.82, 2.24) is 25.9 Å². The Balaban J connectivity index is 2.23. The third kappa shape index (κ3) is 10.3. The number of hydrogen-bond acceptors (Lipinski definition) is 8. The van der Waals surface area contributed by atoms with E-state index in [1.54, 1.807) is 19.1 Å². The number of nitrogens with zero attached hydrogens (tertiary/aromatic N) is 1. The first-order chi connectivity index (χ1) is 19.0. The second kappa shape index (κ2) is 16.2. The van der Waals surface area contributed by atoms with Gasteiger partial charge in [-0.1, -0.05) is 38.8 Å². The first kappa shape index (κ1) is 32.2. The Morgan fingerprint density at radius 3 is 2.23 bits per heavy atom. The van der Waals surface area contributed by atoms with Crippen molar-refractivity contribution >= 4 is 23.7 Å². The maximum absolute atomic E-state index is 13.5. The van der Waals surface area contributed by atoms with E-state index in [4.69, 9.17) is 11.5 Å². The standard InChI is InChI=1S/C27H41N7O6/c1-3-16(2)23(34-24(36)20(29)6-4-5-11-28)26(38)32-21(12-17-7-9-19(35)10-8-17)25(37)33-22(27(39)40)13-18-14-30-15-31-18/h7-10,14-16,20-23,35H,3-6,11-13,28-29H2,1-2H3,(H,30,31)(H,32,38)(H,33,37)(H,34,36)(H,39,40). The molecule has 0 saturated carbocycles. The molecule has 2 aromatic rings. The average Bonchev–Trinajstić information content (AvgIpc) is 3.44. The molecule has 220 valence electrons. The van der Waals surface area contributed by atoms with Crippen LogP contribution in [0.1, 0.15) is 50.8 Å². The predicted octanol–water partition coefficient (Wildman–Crippen LogP) is -0.0581. The molecule has 2 rings (SSSR count). The summed E-state index contributed by atoms with van der Waals surface area (Å²) in [6, 6.07) is 1.81. The Morgan fingerprint density at radius 1 is 0.975 bits per heavy atom. The van der Waals surface area contributed by atoms with Crippen LogP contribution in [0.4, 0.5) is 0 Å². The minimum atomic E-state index is -1.29. The van der Waals surface area contributed by atoms with Gasteiger partial charge in [0.15, 0.2) is 0 Å². The Morgan fingerprint density at radius 2 is 1.65 bits per heavy atom. The quantitative estimate of drug-likeness (QED) is 0.121. The number of phenols is 1. The van der Waals surface area contributed by atoms with Gasteiger partial charge in [0.1, 0.15) is 23.9 Å². The largest absolute Gasteiger partial charge is 0.508 e. The number of phenolic OH excluding ortho intramolecular Hbond substituents is 1. The van der Waals surface area contributed by atoms with Crippen LogP contribution in [0.5, 0.6) is 5.75 Å². The maximum atomic E-state index is 13.5. The van der Waals surface area contributed by atoms with Gasteiger partial charge in [0.25, 0.3) is 0 Å². The Kier molecular flexibility index (Phi) is 13.1. The number of nitrogens with two attached hydrogens (primary N) is 2. The van der Waals surface area contributed by atoms with Crippen LogP contribution in [-0.2, 0) is 32.0 Å². The summed E-state index contributed by atoms with van der Waals surface area (Å²) >= 11 is 0. The molecule has 5 atom stereocenters. The second-order valence-electron chi connectivity index (χ2n) is 9.87. The molecular formula is C27H41N7O6. The molecule has 0 fully saturated rings. The molecule has 13 heteroatoms. The van der Waals surface area contributed by atoms with Gasteiger partial charge in [-0.05, 0) is 43.0 Å². The van der Waals surface area contributed by atoms with E-state index in [0.29, 0.717) is 37.1 Å². The van der Waals surface area contributed by atoms with E-state index < -0.39 is 47.9 Å². The highest BCUT2D eigenvalue weighted by Gasteiger charge is 2.32. The van der Waals surface area contributed by atoms with E-state index in [1.165, 1.54) is 24.7 Å². The lowest BCUT2D eigenvalue weighted by molar-refractivity contribution is -0.142. The summed E-state index contributed by atoms with van der Waals surface area (Å²) in [6.45, 7) is 4.15. The lowest BCUT2D eigenvalue weighted by Crippen LogP contribution is -2.59. The van der Waals surface area contributed by atoms with Crippen molar-refractivity contribution < 1.29 is 29.4 Å². The fourth-order valence-electron chi connectivity index (χ4n) is 4.03. The fourth-order valence-corrected chi connectivity index (χ4v) is 4.03. The zero-order chi connectivity index (χ0) is 29.7. The molecule has 13 nitrogen and oxygen atoms in total. The molecule has 1 heterocycles. The molecule has 0 spiro atoms. The van der Waals surface area contributed by atoms with Gasteiger partial charge in [0.2, 0.25) is 17.7 Å². The Hall–Kier alpha value is -3.97. The van der Waals surface area contributed by atoms with Crippen LogP contribution in [0.15, 0.2) is 36.8 Å². The lowest BCUT2D eigenvalue weighted by atomic mass is 9.96. The number of imidazole rings is 1. The van der Waals surface area contributed by atoms with Crippen LogP contribution in [0, 0.1) is 5.92 Å². The third-order valence-corrected chi connectivity index (χ3v) is 6.70. The van der Waals surface area contributed by atoms with Gasteiger partial charge in [-0.25, -0.2) is 9.78 Å². The number of benzene rings is 1. The van der Waals surface area contributed by atoms with Gasteiger partial charge < -0.3 is 42.6 Å². The molecule has 3 amide bonds. The summed E-state index contributed by atoms with van der Waals surface area (Å²) < 4.78 is 0. The SMILES string of the molecule is CCC(C)C(NC(=O)C(N)CCCCN)C(=O)NC(Cc1ccc(O)cc1)C(=O)NC(Cc1cnc[nH]1)C(=O)O. The Labute approximate surface area is 233 Å². The molecule has 5 unspecified atom stereocenters. The number of carboxylic acids is 1. The molecule has 0 bridgehead atoms. The highest BCUT2D eigenvalue weighted by atomic mass is 16.4. The van der Waals surface area contributed by atoms with E-state index in [2.05, 4.69) is 25.9 Å². The van der Waals surface area contributed by atoms with Crippen LogP contribution in [0.25, 0.3) is 0 Å². The monoisotopic (exact) mass is 559 g/mol. The predicted molar refractivity (Wildman–Crippen MR) is 148 cm³/mol. The number of nitrogens with one attached hydrogen (secondary N) is 4. The number of carboxylic acid groups (broad SMARTS) is 1. The smallest absolute Gasteiger partial charge is 0.326 e. The summed E-state index contributed by atoms with van der Waals surface area (Å²) in [4.78, 5) is 58.1. The van der Waals surface area contributed by atoms with Gasteiger partial charge in [-0.2, -0.15) is 0 Å². The van der Waals surface area contributed by atoms with E-state index in [0.717, 1.165) is 6.42 Å². The molecule has 0 aliphatic carbocycles. The topological polar surface area (TPSA) is 226 Å².